The SMILES string of the molecule is COCCOCOCC([NH])=O. The lowest BCUT2D eigenvalue weighted by Crippen LogP contribution is -2.12. The van der Waals surface area contributed by atoms with Crippen LogP contribution in [0.5, 0.6) is 0 Å². The summed E-state index contributed by atoms with van der Waals surface area (Å²) >= 11 is 0. The molecule has 0 heterocycles. The predicted octanol–water partition coefficient (Wildman–Crippen LogP) is -0.567. The van der Waals surface area contributed by atoms with Crippen molar-refractivity contribution in [3.8, 4) is 0 Å². The summed E-state index contributed by atoms with van der Waals surface area (Å²) in [6.07, 6.45) is 0. The molecule has 0 aromatic heterocycles. The summed E-state index contributed by atoms with van der Waals surface area (Å²) in [6.45, 7) is 0.752. The van der Waals surface area contributed by atoms with Crippen LogP contribution in [0.15, 0.2) is 0 Å². The van der Waals surface area contributed by atoms with Gasteiger partial charge in [-0.2, -0.15) is 0 Å². The number of methoxy groups -OCH3 is 1. The molecule has 5 heteroatoms. The molecule has 1 amide bonds. The fourth-order valence-electron chi connectivity index (χ4n) is 0.394. The van der Waals surface area contributed by atoms with Crippen molar-refractivity contribution in [2.24, 2.45) is 0 Å². The van der Waals surface area contributed by atoms with E-state index >= 15 is 0 Å². The van der Waals surface area contributed by atoms with E-state index in [1.165, 1.54) is 0 Å². The van der Waals surface area contributed by atoms with Gasteiger partial charge in [-0.3, -0.25) is 10.5 Å². The Bertz CT molecular complexity index is 107. The average Bonchev–Trinajstić information content (AvgIpc) is 1.96. The normalized spacial score (nSPS) is 9.91. The maximum absolute atomic E-state index is 9.99. The van der Waals surface area contributed by atoms with E-state index in [-0.39, 0.29) is 13.4 Å². The molecule has 0 aliphatic heterocycles. The van der Waals surface area contributed by atoms with Crippen LogP contribution in [0.1, 0.15) is 0 Å². The summed E-state index contributed by atoms with van der Waals surface area (Å²) in [5, 5.41) is 0. The van der Waals surface area contributed by atoms with Gasteiger partial charge in [0, 0.05) is 7.11 Å². The molecule has 0 saturated carbocycles. The van der Waals surface area contributed by atoms with E-state index in [1.807, 2.05) is 0 Å². The Labute approximate surface area is 65.4 Å². The van der Waals surface area contributed by atoms with E-state index in [0.29, 0.717) is 13.2 Å². The van der Waals surface area contributed by atoms with Gasteiger partial charge in [0.1, 0.15) is 13.4 Å². The van der Waals surface area contributed by atoms with E-state index in [2.05, 4.69) is 9.47 Å². The van der Waals surface area contributed by atoms with Crippen LogP contribution in [0.2, 0.25) is 0 Å². The number of carbonyl (C=O) groups is 1. The Morgan fingerprint density at radius 2 is 2.09 bits per heavy atom. The molecule has 0 aromatic rings. The van der Waals surface area contributed by atoms with Crippen molar-refractivity contribution < 1.29 is 19.0 Å². The first-order valence-electron chi connectivity index (χ1n) is 3.16. The van der Waals surface area contributed by atoms with Crippen LogP contribution in [0, 0.1) is 0 Å². The number of ether oxygens (including phenoxy) is 3. The Kier molecular flexibility index (Phi) is 7.02. The highest BCUT2D eigenvalue weighted by molar-refractivity contribution is 5.74. The highest BCUT2D eigenvalue weighted by Crippen LogP contribution is 1.78. The first-order chi connectivity index (χ1) is 5.27. The van der Waals surface area contributed by atoms with Crippen LogP contribution in [-0.2, 0) is 19.0 Å². The maximum atomic E-state index is 9.99. The van der Waals surface area contributed by atoms with Gasteiger partial charge in [0.25, 0.3) is 5.91 Å². The van der Waals surface area contributed by atoms with Crippen molar-refractivity contribution in [1.82, 2.24) is 5.73 Å². The van der Waals surface area contributed by atoms with Crippen LogP contribution >= 0.6 is 0 Å². The van der Waals surface area contributed by atoms with Crippen LogP contribution in [0.25, 0.3) is 0 Å². The standard InChI is InChI=1S/C6H12NO4/c1-9-2-3-10-5-11-4-6(7)8/h7H,2-5H2,1H3. The van der Waals surface area contributed by atoms with E-state index in [4.69, 9.17) is 10.5 Å². The van der Waals surface area contributed by atoms with Gasteiger partial charge in [-0.15, -0.1) is 0 Å². The molecule has 1 radical (unpaired) electrons. The van der Waals surface area contributed by atoms with Gasteiger partial charge in [-0.1, -0.05) is 0 Å². The Morgan fingerprint density at radius 3 is 2.64 bits per heavy atom. The smallest absolute Gasteiger partial charge is 0.264 e. The van der Waals surface area contributed by atoms with E-state index < -0.39 is 5.91 Å². The van der Waals surface area contributed by atoms with Crippen LogP contribution in [-0.4, -0.2) is 39.6 Å². The highest BCUT2D eigenvalue weighted by atomic mass is 16.7. The molecule has 0 fully saturated rings. The van der Waals surface area contributed by atoms with E-state index in [0.717, 1.165) is 0 Å². The lowest BCUT2D eigenvalue weighted by molar-refractivity contribution is -0.130. The molecule has 0 spiro atoms. The summed E-state index contributed by atoms with van der Waals surface area (Å²) in [7, 11) is 1.57. The zero-order chi connectivity index (χ0) is 8.53. The van der Waals surface area contributed by atoms with Gasteiger partial charge < -0.3 is 14.2 Å². The second-order valence-electron chi connectivity index (χ2n) is 1.79. The quantitative estimate of drug-likeness (QED) is 0.371. The summed E-state index contributed by atoms with van der Waals surface area (Å²) in [4.78, 5) is 9.99. The highest BCUT2D eigenvalue weighted by Gasteiger charge is 1.93. The van der Waals surface area contributed by atoms with Crippen LogP contribution in [0.3, 0.4) is 0 Å². The molecular weight excluding hydrogens is 150 g/mol. The first-order valence-corrected chi connectivity index (χ1v) is 3.16. The molecule has 0 atom stereocenters. The molecule has 5 nitrogen and oxygen atoms in total. The van der Waals surface area contributed by atoms with Crippen LogP contribution in [0.4, 0.5) is 0 Å². The third-order valence-corrected chi connectivity index (χ3v) is 0.832. The Balaban J connectivity index is 2.85. The Hall–Kier alpha value is -0.650. The number of carbonyl (C=O) groups excluding carboxylic acids is 1. The van der Waals surface area contributed by atoms with Crippen molar-refractivity contribution in [3.63, 3.8) is 0 Å². The van der Waals surface area contributed by atoms with Gasteiger partial charge in [0.2, 0.25) is 0 Å². The molecule has 0 aliphatic rings. The molecule has 0 rings (SSSR count). The van der Waals surface area contributed by atoms with Gasteiger partial charge in [0.05, 0.1) is 13.2 Å². The number of hydrogen-bond acceptors (Lipinski definition) is 4. The molecule has 0 aliphatic carbocycles. The van der Waals surface area contributed by atoms with Crippen molar-refractivity contribution in [2.75, 3.05) is 33.7 Å². The molecule has 1 N–H and O–H groups in total. The van der Waals surface area contributed by atoms with Crippen molar-refractivity contribution in [1.29, 1.82) is 0 Å². The van der Waals surface area contributed by atoms with Crippen molar-refractivity contribution in [2.45, 2.75) is 0 Å². The monoisotopic (exact) mass is 162 g/mol. The zero-order valence-electron chi connectivity index (χ0n) is 6.46. The van der Waals surface area contributed by atoms with Gasteiger partial charge in [-0.25, -0.2) is 0 Å². The van der Waals surface area contributed by atoms with Crippen molar-refractivity contribution >= 4 is 5.91 Å². The van der Waals surface area contributed by atoms with Crippen LogP contribution < -0.4 is 5.73 Å². The molecule has 0 aromatic carbocycles. The zero-order valence-corrected chi connectivity index (χ0v) is 6.46. The lowest BCUT2D eigenvalue weighted by atomic mass is 10.7. The Morgan fingerprint density at radius 1 is 1.36 bits per heavy atom. The third kappa shape index (κ3) is 9.35. The third-order valence-electron chi connectivity index (χ3n) is 0.832. The van der Waals surface area contributed by atoms with E-state index in [1.54, 1.807) is 7.11 Å². The summed E-state index contributed by atoms with van der Waals surface area (Å²) in [5.74, 6) is -0.750. The minimum Gasteiger partial charge on any atom is -0.382 e. The van der Waals surface area contributed by atoms with E-state index in [9.17, 15) is 4.79 Å². The maximum Gasteiger partial charge on any atom is 0.264 e. The predicted molar refractivity (Wildman–Crippen MR) is 36.8 cm³/mol. The summed E-state index contributed by atoms with van der Waals surface area (Å²) in [5.41, 5.74) is 6.45. The van der Waals surface area contributed by atoms with Gasteiger partial charge in [-0.05, 0) is 0 Å². The number of nitrogens with one attached hydrogen (secondary N) is 1. The first kappa shape index (κ1) is 10.3. The summed E-state index contributed by atoms with van der Waals surface area (Å²) < 4.78 is 14.2. The second kappa shape index (κ2) is 7.46. The minimum atomic E-state index is -0.750. The van der Waals surface area contributed by atoms with Crippen molar-refractivity contribution in [3.05, 3.63) is 0 Å². The molecule has 65 valence electrons. The lowest BCUT2D eigenvalue weighted by Gasteiger charge is -2.02. The number of rotatable bonds is 7. The minimum absolute atomic E-state index is 0.0357. The van der Waals surface area contributed by atoms with Gasteiger partial charge in [0.15, 0.2) is 0 Å². The molecular formula is C6H12NO4. The molecule has 0 bridgehead atoms. The number of amides is 1. The summed E-state index contributed by atoms with van der Waals surface area (Å²) in [6, 6.07) is 0. The fourth-order valence-corrected chi connectivity index (χ4v) is 0.394. The molecule has 0 saturated heterocycles. The largest absolute Gasteiger partial charge is 0.382 e. The average molecular weight is 162 g/mol. The van der Waals surface area contributed by atoms with Gasteiger partial charge >= 0.3 is 0 Å². The number of hydrogen-bond donors (Lipinski definition) is 0. The second-order valence-corrected chi connectivity index (χ2v) is 1.79. The fraction of sp³-hybridized carbons (Fsp3) is 0.833. The molecule has 11 heavy (non-hydrogen) atoms. The topological polar surface area (TPSA) is 68.6 Å². The molecule has 0 unspecified atom stereocenters.